The highest BCUT2D eigenvalue weighted by molar-refractivity contribution is 8.14. The number of amides is 1. The lowest BCUT2D eigenvalue weighted by Crippen LogP contribution is -2.24. The van der Waals surface area contributed by atoms with E-state index in [2.05, 4.69) is 4.98 Å². The van der Waals surface area contributed by atoms with Crippen LogP contribution in [0.5, 0.6) is 0 Å². The number of benzene rings is 1. The Hall–Kier alpha value is -2.08. The molecule has 1 aromatic heterocycles. The molecule has 0 aliphatic carbocycles. The minimum absolute atomic E-state index is 0.0651. The number of carbonyl (C=O) groups excluding carboxylic acids is 2. The van der Waals surface area contributed by atoms with Gasteiger partial charge in [-0.3, -0.25) is 9.59 Å². The molecule has 0 radical (unpaired) electrons. The summed E-state index contributed by atoms with van der Waals surface area (Å²) in [6, 6.07) is 7.97. The minimum atomic E-state index is 0.0651. The molecule has 114 valence electrons. The standard InChI is InChI=1S/C16H17N3O2S/c1-12(20)22-15-8-16(21)19(10-15)14-4-2-13(3-5-14)9-18-7-6-17-11-18/h2-7,11,15H,8-10H2,1H3. The molecule has 1 aliphatic heterocycles. The molecule has 0 N–H and O–H groups in total. The molecule has 1 unspecified atom stereocenters. The van der Waals surface area contributed by atoms with Gasteiger partial charge in [0.15, 0.2) is 5.12 Å². The summed E-state index contributed by atoms with van der Waals surface area (Å²) in [5.41, 5.74) is 2.05. The Balaban J connectivity index is 1.67. The summed E-state index contributed by atoms with van der Waals surface area (Å²) in [5.74, 6) is 0.0844. The maximum atomic E-state index is 12.1. The molecule has 1 atom stereocenters. The van der Waals surface area contributed by atoms with Crippen molar-refractivity contribution in [2.24, 2.45) is 0 Å². The van der Waals surface area contributed by atoms with Crippen molar-refractivity contribution < 1.29 is 9.59 Å². The van der Waals surface area contributed by atoms with Gasteiger partial charge in [-0.05, 0) is 17.7 Å². The van der Waals surface area contributed by atoms with Crippen LogP contribution in [0.15, 0.2) is 43.0 Å². The normalized spacial score (nSPS) is 18.0. The van der Waals surface area contributed by atoms with Gasteiger partial charge in [0, 0.05) is 49.8 Å². The van der Waals surface area contributed by atoms with Crippen LogP contribution in [0.1, 0.15) is 18.9 Å². The molecule has 6 heteroatoms. The minimum Gasteiger partial charge on any atom is -0.333 e. The molecule has 2 heterocycles. The molecule has 3 rings (SSSR count). The number of hydrogen-bond donors (Lipinski definition) is 0. The fourth-order valence-corrected chi connectivity index (χ4v) is 3.53. The van der Waals surface area contributed by atoms with E-state index in [1.165, 1.54) is 11.8 Å². The van der Waals surface area contributed by atoms with Crippen LogP contribution >= 0.6 is 11.8 Å². The lowest BCUT2D eigenvalue weighted by Gasteiger charge is -2.17. The van der Waals surface area contributed by atoms with Gasteiger partial charge in [-0.2, -0.15) is 0 Å². The Morgan fingerprint density at radius 2 is 2.14 bits per heavy atom. The van der Waals surface area contributed by atoms with Gasteiger partial charge >= 0.3 is 0 Å². The van der Waals surface area contributed by atoms with E-state index in [1.54, 1.807) is 24.3 Å². The number of aromatic nitrogens is 2. The highest BCUT2D eigenvalue weighted by Gasteiger charge is 2.31. The Labute approximate surface area is 133 Å². The van der Waals surface area contributed by atoms with E-state index in [4.69, 9.17) is 0 Å². The molecular weight excluding hydrogens is 298 g/mol. The second kappa shape index (κ2) is 6.36. The van der Waals surface area contributed by atoms with Crippen molar-refractivity contribution in [3.05, 3.63) is 48.5 Å². The van der Waals surface area contributed by atoms with Gasteiger partial charge < -0.3 is 9.47 Å². The van der Waals surface area contributed by atoms with Crippen LogP contribution in [0.2, 0.25) is 0 Å². The van der Waals surface area contributed by atoms with Crippen molar-refractivity contribution in [2.75, 3.05) is 11.4 Å². The zero-order chi connectivity index (χ0) is 15.5. The van der Waals surface area contributed by atoms with Gasteiger partial charge in [0.25, 0.3) is 0 Å². The number of hydrogen-bond acceptors (Lipinski definition) is 4. The fraction of sp³-hybridized carbons (Fsp3) is 0.312. The van der Waals surface area contributed by atoms with Gasteiger partial charge in [0.2, 0.25) is 5.91 Å². The molecule has 2 aromatic rings. The zero-order valence-electron chi connectivity index (χ0n) is 12.3. The summed E-state index contributed by atoms with van der Waals surface area (Å²) in [4.78, 5) is 29.1. The quantitative estimate of drug-likeness (QED) is 0.869. The maximum absolute atomic E-state index is 12.1. The Bertz CT molecular complexity index is 667. The van der Waals surface area contributed by atoms with Crippen LogP contribution in [0, 0.1) is 0 Å². The first-order valence-electron chi connectivity index (χ1n) is 7.14. The van der Waals surface area contributed by atoms with E-state index in [-0.39, 0.29) is 16.3 Å². The first-order chi connectivity index (χ1) is 10.6. The topological polar surface area (TPSA) is 55.2 Å². The average molecular weight is 315 g/mol. The van der Waals surface area contributed by atoms with Crippen molar-refractivity contribution in [1.29, 1.82) is 0 Å². The molecule has 1 aliphatic rings. The molecule has 22 heavy (non-hydrogen) atoms. The number of anilines is 1. The smallest absolute Gasteiger partial charge is 0.228 e. The van der Waals surface area contributed by atoms with Gasteiger partial charge in [0.1, 0.15) is 0 Å². The highest BCUT2D eigenvalue weighted by atomic mass is 32.2. The summed E-state index contributed by atoms with van der Waals surface area (Å²) in [6.45, 7) is 2.91. The summed E-state index contributed by atoms with van der Waals surface area (Å²) < 4.78 is 2.00. The van der Waals surface area contributed by atoms with Crippen molar-refractivity contribution in [1.82, 2.24) is 9.55 Å². The number of rotatable bonds is 4. The monoisotopic (exact) mass is 315 g/mol. The lowest BCUT2D eigenvalue weighted by molar-refractivity contribution is -0.117. The van der Waals surface area contributed by atoms with E-state index in [9.17, 15) is 9.59 Å². The molecule has 1 amide bonds. The first kappa shape index (κ1) is 14.8. The molecule has 0 saturated carbocycles. The lowest BCUT2D eigenvalue weighted by atomic mass is 10.2. The molecular formula is C16H17N3O2S. The fourth-order valence-electron chi connectivity index (χ4n) is 2.61. The molecule has 1 aromatic carbocycles. The van der Waals surface area contributed by atoms with Crippen LogP contribution in [0.4, 0.5) is 5.69 Å². The van der Waals surface area contributed by atoms with Gasteiger partial charge in [-0.1, -0.05) is 23.9 Å². The molecule has 0 bridgehead atoms. The number of imidazole rings is 1. The summed E-state index contributed by atoms with van der Waals surface area (Å²) >= 11 is 1.26. The first-order valence-corrected chi connectivity index (χ1v) is 8.02. The van der Waals surface area contributed by atoms with Crippen LogP contribution in [-0.2, 0) is 16.1 Å². The SMILES string of the molecule is CC(=O)SC1CC(=O)N(c2ccc(Cn3ccnc3)cc2)C1. The molecule has 1 saturated heterocycles. The molecule has 0 spiro atoms. The predicted molar refractivity (Wildman–Crippen MR) is 86.8 cm³/mol. The van der Waals surface area contributed by atoms with E-state index in [0.29, 0.717) is 13.0 Å². The van der Waals surface area contributed by atoms with Crippen molar-refractivity contribution in [2.45, 2.75) is 25.1 Å². The van der Waals surface area contributed by atoms with E-state index in [1.807, 2.05) is 35.0 Å². The third kappa shape index (κ3) is 3.39. The maximum Gasteiger partial charge on any atom is 0.228 e. The summed E-state index contributed by atoms with van der Waals surface area (Å²) in [7, 11) is 0. The Morgan fingerprint density at radius 1 is 1.36 bits per heavy atom. The summed E-state index contributed by atoms with van der Waals surface area (Å²) in [6.07, 6.45) is 5.88. The summed E-state index contributed by atoms with van der Waals surface area (Å²) in [5, 5.41) is 0.131. The van der Waals surface area contributed by atoms with Crippen LogP contribution in [0.3, 0.4) is 0 Å². The van der Waals surface area contributed by atoms with Crippen LogP contribution in [-0.4, -0.2) is 32.4 Å². The van der Waals surface area contributed by atoms with E-state index >= 15 is 0 Å². The number of nitrogens with zero attached hydrogens (tertiary/aromatic N) is 3. The van der Waals surface area contributed by atoms with Crippen LogP contribution in [0.25, 0.3) is 0 Å². The van der Waals surface area contributed by atoms with Crippen molar-refractivity contribution in [3.63, 3.8) is 0 Å². The van der Waals surface area contributed by atoms with Crippen LogP contribution < -0.4 is 4.90 Å². The predicted octanol–water partition coefficient (Wildman–Crippen LogP) is 2.32. The number of carbonyl (C=O) groups is 2. The van der Waals surface area contributed by atoms with E-state index in [0.717, 1.165) is 17.8 Å². The third-order valence-electron chi connectivity index (χ3n) is 3.59. The highest BCUT2D eigenvalue weighted by Crippen LogP contribution is 2.28. The van der Waals surface area contributed by atoms with Gasteiger partial charge in [0.05, 0.1) is 6.33 Å². The largest absolute Gasteiger partial charge is 0.333 e. The molecule has 1 fully saturated rings. The second-order valence-electron chi connectivity index (χ2n) is 5.34. The Kier molecular flexibility index (Phi) is 4.29. The van der Waals surface area contributed by atoms with Crippen molar-refractivity contribution in [3.8, 4) is 0 Å². The van der Waals surface area contributed by atoms with Gasteiger partial charge in [-0.15, -0.1) is 0 Å². The Morgan fingerprint density at radius 3 is 2.77 bits per heavy atom. The average Bonchev–Trinajstić information content (AvgIpc) is 3.09. The van der Waals surface area contributed by atoms with Gasteiger partial charge in [-0.25, -0.2) is 4.98 Å². The zero-order valence-corrected chi connectivity index (χ0v) is 13.1. The second-order valence-corrected chi connectivity index (χ2v) is 6.82. The molecule has 5 nitrogen and oxygen atoms in total. The third-order valence-corrected chi connectivity index (χ3v) is 4.58. The van der Waals surface area contributed by atoms with E-state index < -0.39 is 0 Å². The van der Waals surface area contributed by atoms with Crippen molar-refractivity contribution >= 4 is 28.5 Å². The number of thioether (sulfide) groups is 1.